The Kier molecular flexibility index (Phi) is 1.73. The standard InChI is InChI=1S/C8H7N3OS/c9-7(12)4-2-1-3-5-6(4)11-8(13)10-5/h1-3,6H,(H2,9,12)(H,11,13). The molecule has 3 N–H and O–H groups in total. The van der Waals surface area contributed by atoms with Crippen LogP contribution in [0.2, 0.25) is 0 Å². The summed E-state index contributed by atoms with van der Waals surface area (Å²) in [6.07, 6.45) is 5.22. The van der Waals surface area contributed by atoms with Gasteiger partial charge in [0.05, 0.1) is 5.71 Å². The van der Waals surface area contributed by atoms with Crippen molar-refractivity contribution >= 4 is 28.9 Å². The average molecular weight is 193 g/mol. The highest BCUT2D eigenvalue weighted by molar-refractivity contribution is 7.80. The van der Waals surface area contributed by atoms with E-state index < -0.39 is 5.91 Å². The third-order valence-corrected chi connectivity index (χ3v) is 2.14. The van der Waals surface area contributed by atoms with E-state index in [0.29, 0.717) is 10.7 Å². The van der Waals surface area contributed by atoms with Crippen molar-refractivity contribution in [1.29, 1.82) is 0 Å². The summed E-state index contributed by atoms with van der Waals surface area (Å²) in [5.41, 5.74) is 6.44. The van der Waals surface area contributed by atoms with Crippen LogP contribution in [0.15, 0.2) is 28.8 Å². The molecule has 66 valence electrons. The summed E-state index contributed by atoms with van der Waals surface area (Å²) < 4.78 is 0. The lowest BCUT2D eigenvalue weighted by Gasteiger charge is -2.15. The lowest BCUT2D eigenvalue weighted by molar-refractivity contribution is -0.114. The van der Waals surface area contributed by atoms with E-state index in [-0.39, 0.29) is 6.04 Å². The smallest absolute Gasteiger partial charge is 0.247 e. The van der Waals surface area contributed by atoms with Gasteiger partial charge in [0.25, 0.3) is 0 Å². The van der Waals surface area contributed by atoms with Crippen LogP contribution in [0.4, 0.5) is 0 Å². The zero-order valence-corrected chi connectivity index (χ0v) is 7.47. The van der Waals surface area contributed by atoms with Crippen molar-refractivity contribution in [2.24, 2.45) is 10.7 Å². The van der Waals surface area contributed by atoms with Crippen LogP contribution in [0.25, 0.3) is 0 Å². The molecule has 0 aromatic rings. The molecule has 1 amide bonds. The zero-order chi connectivity index (χ0) is 9.42. The molecule has 0 aromatic carbocycles. The van der Waals surface area contributed by atoms with Gasteiger partial charge >= 0.3 is 0 Å². The van der Waals surface area contributed by atoms with Crippen LogP contribution in [0.3, 0.4) is 0 Å². The maximum atomic E-state index is 11.0. The van der Waals surface area contributed by atoms with Gasteiger partial charge in [-0.05, 0) is 18.3 Å². The second-order valence-electron chi connectivity index (χ2n) is 2.76. The molecule has 1 heterocycles. The Hall–Kier alpha value is -1.49. The Morgan fingerprint density at radius 3 is 3.15 bits per heavy atom. The van der Waals surface area contributed by atoms with Crippen molar-refractivity contribution < 1.29 is 4.79 Å². The van der Waals surface area contributed by atoms with E-state index in [2.05, 4.69) is 10.3 Å². The second kappa shape index (κ2) is 2.77. The fourth-order valence-corrected chi connectivity index (χ4v) is 1.58. The lowest BCUT2D eigenvalue weighted by atomic mass is 9.97. The first-order valence-electron chi connectivity index (χ1n) is 3.75. The number of hydrogen-bond acceptors (Lipinski definition) is 2. The molecular formula is C8H7N3OS. The largest absolute Gasteiger partial charge is 0.366 e. The van der Waals surface area contributed by atoms with Gasteiger partial charge in [-0.25, -0.2) is 4.99 Å². The molecule has 5 heteroatoms. The van der Waals surface area contributed by atoms with Gasteiger partial charge in [-0.1, -0.05) is 12.2 Å². The SMILES string of the molecule is NC(=O)C1=CC=CC2=NC(=S)NC12. The molecule has 0 fully saturated rings. The van der Waals surface area contributed by atoms with Crippen LogP contribution >= 0.6 is 12.2 Å². The van der Waals surface area contributed by atoms with Crippen LogP contribution in [0, 0.1) is 0 Å². The van der Waals surface area contributed by atoms with Gasteiger partial charge in [-0.15, -0.1) is 0 Å². The van der Waals surface area contributed by atoms with Crippen LogP contribution in [-0.2, 0) is 4.79 Å². The second-order valence-corrected chi connectivity index (χ2v) is 3.15. The highest BCUT2D eigenvalue weighted by Gasteiger charge is 2.29. The Labute approximate surface area is 80.2 Å². The van der Waals surface area contributed by atoms with E-state index >= 15 is 0 Å². The van der Waals surface area contributed by atoms with Crippen molar-refractivity contribution in [1.82, 2.24) is 5.32 Å². The van der Waals surface area contributed by atoms with E-state index in [1.807, 2.05) is 6.08 Å². The number of hydrogen-bond donors (Lipinski definition) is 2. The predicted molar refractivity (Wildman–Crippen MR) is 53.4 cm³/mol. The van der Waals surface area contributed by atoms with Gasteiger partial charge in [0.2, 0.25) is 5.91 Å². The van der Waals surface area contributed by atoms with Gasteiger partial charge in [0, 0.05) is 5.57 Å². The average Bonchev–Trinajstić information content (AvgIpc) is 2.43. The molecule has 1 unspecified atom stereocenters. The summed E-state index contributed by atoms with van der Waals surface area (Å²) in [6, 6.07) is -0.241. The summed E-state index contributed by atoms with van der Waals surface area (Å²) >= 11 is 4.86. The highest BCUT2D eigenvalue weighted by atomic mass is 32.1. The topological polar surface area (TPSA) is 67.5 Å². The molecule has 1 aliphatic heterocycles. The first-order chi connectivity index (χ1) is 6.18. The molecule has 2 rings (SSSR count). The molecule has 0 aromatic heterocycles. The van der Waals surface area contributed by atoms with E-state index in [1.165, 1.54) is 0 Å². The molecule has 0 spiro atoms. The van der Waals surface area contributed by atoms with Crippen molar-refractivity contribution in [2.45, 2.75) is 6.04 Å². The van der Waals surface area contributed by atoms with Crippen molar-refractivity contribution in [3.63, 3.8) is 0 Å². The predicted octanol–water partition coefficient (Wildman–Crippen LogP) is -0.334. The lowest BCUT2D eigenvalue weighted by Crippen LogP contribution is -2.39. The molecule has 4 nitrogen and oxygen atoms in total. The molecule has 0 radical (unpaired) electrons. The number of primary amides is 1. The molecule has 13 heavy (non-hydrogen) atoms. The Morgan fingerprint density at radius 2 is 2.46 bits per heavy atom. The fourth-order valence-electron chi connectivity index (χ4n) is 1.35. The third-order valence-electron chi connectivity index (χ3n) is 1.93. The molecular weight excluding hydrogens is 186 g/mol. The Bertz CT molecular complexity index is 381. The van der Waals surface area contributed by atoms with Crippen LogP contribution < -0.4 is 11.1 Å². The van der Waals surface area contributed by atoms with E-state index in [0.717, 1.165) is 5.71 Å². The minimum atomic E-state index is -0.445. The van der Waals surface area contributed by atoms with E-state index in [4.69, 9.17) is 18.0 Å². The first-order valence-corrected chi connectivity index (χ1v) is 4.16. The number of allylic oxidation sites excluding steroid dienone is 2. The number of carbonyl (C=O) groups excluding carboxylic acids is 1. The Balaban J connectivity index is 2.39. The number of amides is 1. The van der Waals surface area contributed by atoms with E-state index in [9.17, 15) is 4.79 Å². The summed E-state index contributed by atoms with van der Waals surface area (Å²) in [7, 11) is 0. The number of aliphatic imine (C=N–C) groups is 1. The monoisotopic (exact) mass is 193 g/mol. The number of thiocarbonyl (C=S) groups is 1. The summed E-state index contributed by atoms with van der Waals surface area (Å²) in [4.78, 5) is 15.0. The van der Waals surface area contributed by atoms with Gasteiger partial charge in [0.15, 0.2) is 5.11 Å². The number of nitrogens with one attached hydrogen (secondary N) is 1. The minimum absolute atomic E-state index is 0.241. The molecule has 0 saturated heterocycles. The molecule has 1 aliphatic carbocycles. The van der Waals surface area contributed by atoms with Crippen LogP contribution in [0.1, 0.15) is 0 Å². The minimum Gasteiger partial charge on any atom is -0.366 e. The van der Waals surface area contributed by atoms with Gasteiger partial charge in [-0.2, -0.15) is 0 Å². The summed E-state index contributed by atoms with van der Waals surface area (Å²) in [5.74, 6) is -0.445. The molecule has 2 aliphatic rings. The summed E-state index contributed by atoms with van der Waals surface area (Å²) in [6.45, 7) is 0. The molecule has 0 bridgehead atoms. The van der Waals surface area contributed by atoms with E-state index in [1.54, 1.807) is 12.2 Å². The maximum Gasteiger partial charge on any atom is 0.247 e. The van der Waals surface area contributed by atoms with Crippen molar-refractivity contribution in [2.75, 3.05) is 0 Å². The number of rotatable bonds is 1. The number of carbonyl (C=O) groups is 1. The Morgan fingerprint density at radius 1 is 1.69 bits per heavy atom. The zero-order valence-electron chi connectivity index (χ0n) is 6.65. The van der Waals surface area contributed by atoms with Crippen LogP contribution in [-0.4, -0.2) is 22.8 Å². The first kappa shape index (κ1) is 8.12. The highest BCUT2D eigenvalue weighted by Crippen LogP contribution is 2.15. The van der Waals surface area contributed by atoms with Gasteiger partial charge in [-0.3, -0.25) is 4.79 Å². The van der Waals surface area contributed by atoms with Gasteiger partial charge in [0.1, 0.15) is 6.04 Å². The number of nitrogens with two attached hydrogens (primary N) is 1. The normalized spacial score (nSPS) is 24.6. The fraction of sp³-hybridized carbons (Fsp3) is 0.125. The quantitative estimate of drug-likeness (QED) is 0.560. The number of nitrogens with zero attached hydrogens (tertiary/aromatic N) is 1. The third kappa shape index (κ3) is 1.27. The molecule has 0 saturated carbocycles. The van der Waals surface area contributed by atoms with Crippen LogP contribution in [0.5, 0.6) is 0 Å². The van der Waals surface area contributed by atoms with Crippen molar-refractivity contribution in [3.8, 4) is 0 Å². The van der Waals surface area contributed by atoms with Gasteiger partial charge < -0.3 is 11.1 Å². The molecule has 1 atom stereocenters. The summed E-state index contributed by atoms with van der Waals surface area (Å²) in [5, 5.41) is 3.30. The van der Waals surface area contributed by atoms with Crippen molar-refractivity contribution in [3.05, 3.63) is 23.8 Å². The number of fused-ring (bicyclic) bond motifs is 1. The maximum absolute atomic E-state index is 11.0.